The van der Waals surface area contributed by atoms with Crippen molar-refractivity contribution in [3.8, 4) is 0 Å². The molecule has 1 heterocycles. The average molecular weight is 309 g/mol. The number of benzene rings is 1. The second kappa shape index (κ2) is 6.30. The third-order valence-corrected chi connectivity index (χ3v) is 4.82. The first-order chi connectivity index (χ1) is 9.93. The van der Waals surface area contributed by atoms with Gasteiger partial charge in [0.05, 0.1) is 6.20 Å². The molecule has 2 N–H and O–H groups in total. The van der Waals surface area contributed by atoms with Crippen LogP contribution in [0.15, 0.2) is 47.6 Å². The van der Waals surface area contributed by atoms with Crippen molar-refractivity contribution >= 4 is 10.0 Å². The lowest BCUT2D eigenvalue weighted by Crippen LogP contribution is -2.26. The van der Waals surface area contributed by atoms with Crippen LogP contribution in [0.1, 0.15) is 11.1 Å². The van der Waals surface area contributed by atoms with E-state index in [1.165, 1.54) is 7.05 Å². The highest BCUT2D eigenvalue weighted by Gasteiger charge is 2.21. The molecule has 0 aliphatic rings. The van der Waals surface area contributed by atoms with Crippen molar-refractivity contribution in [1.29, 1.82) is 0 Å². The van der Waals surface area contributed by atoms with E-state index in [4.69, 9.17) is 5.73 Å². The third-order valence-electron chi connectivity index (χ3n) is 3.05. The van der Waals surface area contributed by atoms with Crippen LogP contribution < -0.4 is 5.73 Å². The number of rotatable bonds is 5. The van der Waals surface area contributed by atoms with Crippen molar-refractivity contribution < 1.29 is 12.8 Å². The van der Waals surface area contributed by atoms with E-state index >= 15 is 0 Å². The van der Waals surface area contributed by atoms with Crippen LogP contribution in [-0.4, -0.2) is 24.8 Å². The fourth-order valence-corrected chi connectivity index (χ4v) is 2.97. The summed E-state index contributed by atoms with van der Waals surface area (Å²) in [6, 6.07) is 8.28. The van der Waals surface area contributed by atoms with Crippen molar-refractivity contribution in [2.45, 2.75) is 18.0 Å². The van der Waals surface area contributed by atoms with Crippen molar-refractivity contribution in [2.75, 3.05) is 7.05 Å². The summed E-state index contributed by atoms with van der Waals surface area (Å²) in [5.74, 6) is -0.684. The Balaban J connectivity index is 2.20. The quantitative estimate of drug-likeness (QED) is 0.908. The summed E-state index contributed by atoms with van der Waals surface area (Å²) >= 11 is 0. The Morgan fingerprint density at radius 3 is 2.38 bits per heavy atom. The molecule has 0 saturated heterocycles. The zero-order valence-electron chi connectivity index (χ0n) is 11.5. The molecular formula is C14H16FN3O2S. The molecule has 0 aliphatic heterocycles. The van der Waals surface area contributed by atoms with Crippen LogP contribution >= 0.6 is 0 Å². The number of hydrogen-bond donors (Lipinski definition) is 1. The summed E-state index contributed by atoms with van der Waals surface area (Å²) in [5.41, 5.74) is 7.30. The van der Waals surface area contributed by atoms with Crippen LogP contribution in [-0.2, 0) is 23.1 Å². The molecule has 0 fully saturated rings. The Labute approximate surface area is 123 Å². The summed E-state index contributed by atoms with van der Waals surface area (Å²) in [7, 11) is -2.33. The highest BCUT2D eigenvalue weighted by Crippen LogP contribution is 2.17. The van der Waals surface area contributed by atoms with Crippen LogP contribution in [0.4, 0.5) is 4.39 Å². The molecule has 0 amide bonds. The fourth-order valence-electron chi connectivity index (χ4n) is 1.84. The van der Waals surface area contributed by atoms with Crippen LogP contribution in [0.25, 0.3) is 0 Å². The Morgan fingerprint density at radius 1 is 1.19 bits per heavy atom. The van der Waals surface area contributed by atoms with Gasteiger partial charge in [-0.2, -0.15) is 4.31 Å². The molecule has 7 heteroatoms. The van der Waals surface area contributed by atoms with E-state index < -0.39 is 15.8 Å². The number of hydrogen-bond acceptors (Lipinski definition) is 4. The van der Waals surface area contributed by atoms with Gasteiger partial charge in [-0.15, -0.1) is 0 Å². The highest BCUT2D eigenvalue weighted by molar-refractivity contribution is 7.89. The fraction of sp³-hybridized carbons (Fsp3) is 0.214. The Morgan fingerprint density at radius 2 is 1.81 bits per heavy atom. The second-order valence-corrected chi connectivity index (χ2v) is 6.67. The lowest BCUT2D eigenvalue weighted by Gasteiger charge is -2.17. The normalized spacial score (nSPS) is 11.8. The number of pyridine rings is 1. The largest absolute Gasteiger partial charge is 0.326 e. The van der Waals surface area contributed by atoms with Gasteiger partial charge in [-0.05, 0) is 17.2 Å². The van der Waals surface area contributed by atoms with Gasteiger partial charge in [0.1, 0.15) is 10.7 Å². The Bertz CT molecular complexity index is 717. The topological polar surface area (TPSA) is 76.3 Å². The van der Waals surface area contributed by atoms with Gasteiger partial charge in [-0.1, -0.05) is 24.3 Å². The van der Waals surface area contributed by atoms with Gasteiger partial charge in [0.15, 0.2) is 0 Å². The molecule has 0 aliphatic carbocycles. The standard InChI is InChI=1S/C14H16FN3O2S/c1-18(10-12-4-2-11(7-16)3-5-12)21(19,20)14-6-13(15)8-17-9-14/h2-6,8-9H,7,10,16H2,1H3. The van der Waals surface area contributed by atoms with Crippen LogP contribution in [0, 0.1) is 5.82 Å². The van der Waals surface area contributed by atoms with Gasteiger partial charge < -0.3 is 5.73 Å². The van der Waals surface area contributed by atoms with Crippen molar-refractivity contribution in [3.05, 3.63) is 59.7 Å². The molecule has 0 spiro atoms. The van der Waals surface area contributed by atoms with E-state index in [9.17, 15) is 12.8 Å². The summed E-state index contributed by atoms with van der Waals surface area (Å²) < 4.78 is 38.9. The molecule has 5 nitrogen and oxygen atoms in total. The first kappa shape index (κ1) is 15.6. The van der Waals surface area contributed by atoms with Crippen LogP contribution in [0.5, 0.6) is 0 Å². The average Bonchev–Trinajstić information content (AvgIpc) is 2.48. The van der Waals surface area contributed by atoms with Gasteiger partial charge in [-0.3, -0.25) is 4.98 Å². The first-order valence-corrected chi connectivity index (χ1v) is 7.72. The second-order valence-electron chi connectivity index (χ2n) is 4.62. The number of nitrogens with two attached hydrogens (primary N) is 1. The SMILES string of the molecule is CN(Cc1ccc(CN)cc1)S(=O)(=O)c1cncc(F)c1. The monoisotopic (exact) mass is 309 g/mol. The zero-order valence-corrected chi connectivity index (χ0v) is 12.3. The summed E-state index contributed by atoms with van der Waals surface area (Å²) in [4.78, 5) is 3.40. The minimum Gasteiger partial charge on any atom is -0.326 e. The molecule has 0 atom stereocenters. The van der Waals surface area contributed by atoms with Crippen molar-refractivity contribution in [1.82, 2.24) is 9.29 Å². The van der Waals surface area contributed by atoms with Gasteiger partial charge >= 0.3 is 0 Å². The predicted octanol–water partition coefficient (Wildman–Crippen LogP) is 1.50. The van der Waals surface area contributed by atoms with Crippen molar-refractivity contribution in [2.24, 2.45) is 5.73 Å². The van der Waals surface area contributed by atoms with Crippen LogP contribution in [0.3, 0.4) is 0 Å². The molecule has 0 saturated carbocycles. The number of halogens is 1. The molecular weight excluding hydrogens is 293 g/mol. The lowest BCUT2D eigenvalue weighted by atomic mass is 10.1. The van der Waals surface area contributed by atoms with E-state index in [1.54, 1.807) is 0 Å². The Hall–Kier alpha value is -1.83. The smallest absolute Gasteiger partial charge is 0.244 e. The summed E-state index contributed by atoms with van der Waals surface area (Å²) in [5, 5.41) is 0. The minimum absolute atomic E-state index is 0.163. The van der Waals surface area contributed by atoms with Crippen molar-refractivity contribution in [3.63, 3.8) is 0 Å². The number of sulfonamides is 1. The van der Waals surface area contributed by atoms with E-state index in [0.29, 0.717) is 6.54 Å². The van der Waals surface area contributed by atoms with E-state index in [0.717, 1.165) is 33.9 Å². The number of aromatic nitrogens is 1. The maximum atomic E-state index is 13.1. The van der Waals surface area contributed by atoms with E-state index in [2.05, 4.69) is 4.98 Å². The Kier molecular flexibility index (Phi) is 4.66. The van der Waals surface area contributed by atoms with E-state index in [-0.39, 0.29) is 11.4 Å². The highest BCUT2D eigenvalue weighted by atomic mass is 32.2. The molecule has 2 rings (SSSR count). The van der Waals surface area contributed by atoms with E-state index in [1.807, 2.05) is 24.3 Å². The molecule has 1 aromatic heterocycles. The molecule has 0 bridgehead atoms. The molecule has 0 unspecified atom stereocenters. The molecule has 2 aromatic rings. The summed E-state index contributed by atoms with van der Waals surface area (Å²) in [6.07, 6.45) is 2.09. The lowest BCUT2D eigenvalue weighted by molar-refractivity contribution is 0.465. The van der Waals surface area contributed by atoms with Gasteiger partial charge in [0.2, 0.25) is 10.0 Å². The van der Waals surface area contributed by atoms with Gasteiger partial charge in [0, 0.05) is 26.3 Å². The molecule has 112 valence electrons. The predicted molar refractivity (Wildman–Crippen MR) is 77.2 cm³/mol. The molecule has 1 aromatic carbocycles. The number of nitrogens with zero attached hydrogens (tertiary/aromatic N) is 2. The summed E-state index contributed by atoms with van der Waals surface area (Å²) in [6.45, 7) is 0.618. The minimum atomic E-state index is -3.77. The maximum absolute atomic E-state index is 13.1. The van der Waals surface area contributed by atoms with Gasteiger partial charge in [-0.25, -0.2) is 12.8 Å². The van der Waals surface area contributed by atoms with Crippen LogP contribution in [0.2, 0.25) is 0 Å². The van der Waals surface area contributed by atoms with Gasteiger partial charge in [0.25, 0.3) is 0 Å². The maximum Gasteiger partial charge on any atom is 0.244 e. The first-order valence-electron chi connectivity index (χ1n) is 6.28. The molecule has 0 radical (unpaired) electrons. The molecule has 21 heavy (non-hydrogen) atoms. The third kappa shape index (κ3) is 3.63. The zero-order chi connectivity index (χ0) is 15.5.